The number of nitrogens with zero attached hydrogens (tertiary/aromatic N) is 1. The Morgan fingerprint density at radius 2 is 1.91 bits per heavy atom. The third kappa shape index (κ3) is 5.55. The molecule has 0 aromatic heterocycles. The number of aromatic hydroxyl groups is 1. The van der Waals surface area contributed by atoms with Crippen LogP contribution in [0.5, 0.6) is 5.75 Å². The number of aryl methyl sites for hydroxylation is 1. The molecule has 0 radical (unpaired) electrons. The predicted molar refractivity (Wildman–Crippen MR) is 85.9 cm³/mol. The molecule has 0 atom stereocenters. The van der Waals surface area contributed by atoms with E-state index in [9.17, 15) is 14.7 Å². The first-order valence-electron chi connectivity index (χ1n) is 7.03. The fourth-order valence-corrected chi connectivity index (χ4v) is 1.78. The van der Waals surface area contributed by atoms with Crippen LogP contribution in [-0.4, -0.2) is 28.2 Å². The van der Waals surface area contributed by atoms with E-state index in [1.54, 1.807) is 26.0 Å². The molecule has 0 heterocycles. The molecule has 0 aliphatic carbocycles. The van der Waals surface area contributed by atoms with Gasteiger partial charge in [-0.15, -0.1) is 0 Å². The molecule has 1 aromatic rings. The molecular formula is C16H23N3O3. The van der Waals surface area contributed by atoms with Gasteiger partial charge in [-0.25, -0.2) is 5.43 Å². The third-order valence-electron chi connectivity index (χ3n) is 2.76. The van der Waals surface area contributed by atoms with Crippen LogP contribution in [0.1, 0.15) is 50.0 Å². The minimum Gasteiger partial charge on any atom is -0.507 e. The summed E-state index contributed by atoms with van der Waals surface area (Å²) < 4.78 is 0. The second kappa shape index (κ2) is 7.06. The highest BCUT2D eigenvalue weighted by molar-refractivity contribution is 6.02. The average molecular weight is 305 g/mol. The molecular weight excluding hydrogens is 282 g/mol. The summed E-state index contributed by atoms with van der Waals surface area (Å²) in [6, 6.07) is 4.89. The van der Waals surface area contributed by atoms with Gasteiger partial charge in [-0.2, -0.15) is 5.10 Å². The van der Waals surface area contributed by atoms with Crippen molar-refractivity contribution >= 4 is 17.5 Å². The van der Waals surface area contributed by atoms with E-state index >= 15 is 0 Å². The zero-order chi connectivity index (χ0) is 16.9. The Labute approximate surface area is 130 Å². The van der Waals surface area contributed by atoms with Gasteiger partial charge in [-0.1, -0.05) is 12.1 Å². The first-order valence-corrected chi connectivity index (χ1v) is 7.03. The fourth-order valence-electron chi connectivity index (χ4n) is 1.78. The Hall–Kier alpha value is -2.37. The second-order valence-corrected chi connectivity index (χ2v) is 6.23. The molecule has 0 aliphatic rings. The second-order valence-electron chi connectivity index (χ2n) is 6.23. The van der Waals surface area contributed by atoms with E-state index in [0.717, 1.165) is 0 Å². The lowest BCUT2D eigenvalue weighted by molar-refractivity contribution is -0.121. The van der Waals surface area contributed by atoms with Gasteiger partial charge in [-0.3, -0.25) is 9.59 Å². The topological polar surface area (TPSA) is 90.8 Å². The summed E-state index contributed by atoms with van der Waals surface area (Å²) >= 11 is 0. The van der Waals surface area contributed by atoms with Gasteiger partial charge < -0.3 is 10.4 Å². The number of phenolic OH excluding ortho intramolecular Hbond substituents is 1. The molecule has 2 amide bonds. The van der Waals surface area contributed by atoms with E-state index in [1.807, 2.05) is 20.8 Å². The summed E-state index contributed by atoms with van der Waals surface area (Å²) in [4.78, 5) is 23.7. The van der Waals surface area contributed by atoms with Gasteiger partial charge in [0.2, 0.25) is 5.91 Å². The first kappa shape index (κ1) is 17.7. The third-order valence-corrected chi connectivity index (χ3v) is 2.76. The minimum absolute atomic E-state index is 0.0710. The molecule has 0 bridgehead atoms. The fraction of sp³-hybridized carbons (Fsp3) is 0.438. The molecule has 6 nitrogen and oxygen atoms in total. The lowest BCUT2D eigenvalue weighted by Gasteiger charge is -2.20. The summed E-state index contributed by atoms with van der Waals surface area (Å²) in [5, 5.41) is 16.5. The molecule has 22 heavy (non-hydrogen) atoms. The maximum atomic E-state index is 12.0. The highest BCUT2D eigenvalue weighted by atomic mass is 16.3. The molecule has 0 saturated carbocycles. The molecule has 6 heteroatoms. The summed E-state index contributed by atoms with van der Waals surface area (Å²) in [7, 11) is 0. The quantitative estimate of drug-likeness (QED) is 0.588. The van der Waals surface area contributed by atoms with Gasteiger partial charge in [-0.05, 0) is 46.2 Å². The van der Waals surface area contributed by atoms with Crippen molar-refractivity contribution in [2.75, 3.05) is 0 Å². The zero-order valence-corrected chi connectivity index (χ0v) is 13.7. The molecule has 3 N–H and O–H groups in total. The van der Waals surface area contributed by atoms with Gasteiger partial charge in [0.25, 0.3) is 5.91 Å². The SMILES string of the molecule is C/C(CC(=O)NC(C)(C)C)=N\NC(=O)c1cccc(C)c1O. The lowest BCUT2D eigenvalue weighted by Crippen LogP contribution is -2.41. The summed E-state index contributed by atoms with van der Waals surface area (Å²) in [6.45, 7) is 9.02. The largest absolute Gasteiger partial charge is 0.507 e. The van der Waals surface area contributed by atoms with E-state index in [0.29, 0.717) is 11.3 Å². The minimum atomic E-state index is -0.517. The first-order chi connectivity index (χ1) is 10.1. The van der Waals surface area contributed by atoms with Crippen LogP contribution >= 0.6 is 0 Å². The van der Waals surface area contributed by atoms with Crippen molar-refractivity contribution in [2.24, 2.45) is 5.10 Å². The highest BCUT2D eigenvalue weighted by Crippen LogP contribution is 2.20. The number of hydrogen-bond donors (Lipinski definition) is 3. The Morgan fingerprint density at radius 3 is 2.50 bits per heavy atom. The molecule has 0 saturated heterocycles. The number of rotatable bonds is 4. The van der Waals surface area contributed by atoms with Crippen LogP contribution < -0.4 is 10.7 Å². The standard InChI is InChI=1S/C16H23N3O3/c1-10-7-6-8-12(14(10)21)15(22)19-18-11(2)9-13(20)17-16(3,4)5/h6-8,21H,9H2,1-5H3,(H,17,20)(H,19,22)/b18-11+. The number of hydrogen-bond acceptors (Lipinski definition) is 4. The van der Waals surface area contributed by atoms with Crippen molar-refractivity contribution < 1.29 is 14.7 Å². The van der Waals surface area contributed by atoms with Crippen LogP contribution in [0.2, 0.25) is 0 Å². The van der Waals surface area contributed by atoms with Crippen LogP contribution in [0.25, 0.3) is 0 Å². The zero-order valence-electron chi connectivity index (χ0n) is 13.7. The van der Waals surface area contributed by atoms with Crippen LogP contribution in [0.3, 0.4) is 0 Å². The van der Waals surface area contributed by atoms with Crippen LogP contribution in [0.4, 0.5) is 0 Å². The Bertz CT molecular complexity index is 601. The smallest absolute Gasteiger partial charge is 0.275 e. The molecule has 0 unspecified atom stereocenters. The van der Waals surface area contributed by atoms with E-state index in [1.165, 1.54) is 6.07 Å². The molecule has 0 aliphatic heterocycles. The monoisotopic (exact) mass is 305 g/mol. The lowest BCUT2D eigenvalue weighted by atomic mass is 10.1. The van der Waals surface area contributed by atoms with Crippen LogP contribution in [0, 0.1) is 6.92 Å². The molecule has 0 spiro atoms. The van der Waals surface area contributed by atoms with Gasteiger partial charge in [0.05, 0.1) is 12.0 Å². The Balaban J connectivity index is 2.65. The molecule has 0 fully saturated rings. The number of phenols is 1. The normalized spacial score (nSPS) is 12.0. The number of hydrazone groups is 1. The van der Waals surface area contributed by atoms with Gasteiger partial charge in [0.15, 0.2) is 0 Å². The number of para-hydroxylation sites is 1. The predicted octanol–water partition coefficient (Wildman–Crippen LogP) is 2.11. The van der Waals surface area contributed by atoms with E-state index in [2.05, 4.69) is 15.8 Å². The number of carbonyl (C=O) groups is 2. The Morgan fingerprint density at radius 1 is 1.27 bits per heavy atom. The van der Waals surface area contributed by atoms with Crippen molar-refractivity contribution in [1.82, 2.24) is 10.7 Å². The van der Waals surface area contributed by atoms with Gasteiger partial charge in [0.1, 0.15) is 5.75 Å². The van der Waals surface area contributed by atoms with Crippen molar-refractivity contribution in [3.05, 3.63) is 29.3 Å². The Kier molecular flexibility index (Phi) is 5.68. The van der Waals surface area contributed by atoms with Crippen LogP contribution in [0.15, 0.2) is 23.3 Å². The van der Waals surface area contributed by atoms with E-state index in [-0.39, 0.29) is 29.2 Å². The molecule has 1 aromatic carbocycles. The number of benzene rings is 1. The maximum Gasteiger partial charge on any atom is 0.275 e. The van der Waals surface area contributed by atoms with Crippen molar-refractivity contribution in [1.29, 1.82) is 0 Å². The van der Waals surface area contributed by atoms with Crippen molar-refractivity contribution in [3.63, 3.8) is 0 Å². The summed E-state index contributed by atoms with van der Waals surface area (Å²) in [5.74, 6) is -0.753. The molecule has 1 rings (SSSR count). The number of nitrogens with one attached hydrogen (secondary N) is 2. The maximum absolute atomic E-state index is 12.0. The van der Waals surface area contributed by atoms with Crippen molar-refractivity contribution in [2.45, 2.75) is 46.6 Å². The van der Waals surface area contributed by atoms with Crippen LogP contribution in [-0.2, 0) is 4.79 Å². The highest BCUT2D eigenvalue weighted by Gasteiger charge is 2.15. The number of carbonyl (C=O) groups excluding carboxylic acids is 2. The van der Waals surface area contributed by atoms with E-state index < -0.39 is 5.91 Å². The van der Waals surface area contributed by atoms with Gasteiger partial charge >= 0.3 is 0 Å². The van der Waals surface area contributed by atoms with Crippen molar-refractivity contribution in [3.8, 4) is 5.75 Å². The summed E-state index contributed by atoms with van der Waals surface area (Å²) in [5.41, 5.74) is 3.26. The van der Waals surface area contributed by atoms with E-state index in [4.69, 9.17) is 0 Å². The number of amides is 2. The van der Waals surface area contributed by atoms with Gasteiger partial charge in [0, 0.05) is 11.3 Å². The molecule has 120 valence electrons. The summed E-state index contributed by atoms with van der Waals surface area (Å²) in [6.07, 6.45) is 0.0946. The average Bonchev–Trinajstić information content (AvgIpc) is 2.36.